The molecule has 5 heteroatoms. The van der Waals surface area contributed by atoms with E-state index in [0.29, 0.717) is 0 Å². The van der Waals surface area contributed by atoms with E-state index in [2.05, 4.69) is 84.0 Å². The van der Waals surface area contributed by atoms with Crippen LogP contribution < -0.4 is 4.57 Å². The van der Waals surface area contributed by atoms with Crippen LogP contribution in [0, 0.1) is 6.92 Å². The van der Waals surface area contributed by atoms with Crippen LogP contribution in [0.1, 0.15) is 95.0 Å². The highest BCUT2D eigenvalue weighted by Gasteiger charge is 2.39. The summed E-state index contributed by atoms with van der Waals surface area (Å²) in [5, 5.41) is 2.02. The van der Waals surface area contributed by atoms with Crippen molar-refractivity contribution in [2.75, 3.05) is 0 Å². The number of nitrogens with zero attached hydrogens (tertiary/aromatic N) is 3. The molecule has 0 bridgehead atoms. The Morgan fingerprint density at radius 2 is 1.59 bits per heavy atom. The Morgan fingerprint density at radius 3 is 2.28 bits per heavy atom. The van der Waals surface area contributed by atoms with Gasteiger partial charge in [0.15, 0.2) is 17.8 Å². The van der Waals surface area contributed by atoms with Crippen molar-refractivity contribution in [2.45, 2.75) is 90.4 Å². The topological polar surface area (TPSA) is 42.8 Å². The van der Waals surface area contributed by atoms with Gasteiger partial charge < -0.3 is 4.42 Å². The second-order valence-electron chi connectivity index (χ2n) is 12.8. The second kappa shape index (κ2) is 14.0. The van der Waals surface area contributed by atoms with Gasteiger partial charge in [0.05, 0.1) is 19.1 Å². The molecule has 1 aliphatic heterocycles. The maximum Gasteiger partial charge on any atom is 0.227 e. The zero-order valence-corrected chi connectivity index (χ0v) is 27.8. The fraction of sp³-hybridized carbons (Fsp3) is 0.341. The van der Waals surface area contributed by atoms with Gasteiger partial charge in [0, 0.05) is 52.8 Å². The average molecular weight is 607 g/mol. The molecule has 1 atom stereocenters. The number of furan rings is 1. The van der Waals surface area contributed by atoms with Gasteiger partial charge in [-0.2, -0.15) is 4.57 Å². The van der Waals surface area contributed by atoms with Gasteiger partial charge in [-0.05, 0) is 48.1 Å². The fourth-order valence-electron chi connectivity index (χ4n) is 6.89. The standard InChI is InChI=1S/C24H22BN2O.C11H9N.C6H14/c1-14-5-6-19-18-8-7-17-15(2)27-12-9-16(24(25)10-3-4-11-24)13-20(27)21(17)22(18)28-23(19)26-14;1-2-6-10(7-3-1)11-8-4-5-9-12-11;1-3-5-6-4-2/h5-9,12-13,15H,3-4,10-11H2,1-2H3;1-9H;3-6H2,1-2H3/q+1;;. The zero-order chi connectivity index (χ0) is 32.1. The summed E-state index contributed by atoms with van der Waals surface area (Å²) in [6.45, 7) is 8.71. The smallest absolute Gasteiger partial charge is 0.227 e. The van der Waals surface area contributed by atoms with E-state index in [9.17, 15) is 0 Å². The molecule has 1 aliphatic carbocycles. The van der Waals surface area contributed by atoms with E-state index in [1.165, 1.54) is 60.9 Å². The van der Waals surface area contributed by atoms with Crippen molar-refractivity contribution in [3.63, 3.8) is 0 Å². The number of hydrogen-bond acceptors (Lipinski definition) is 3. The van der Waals surface area contributed by atoms with Crippen LogP contribution in [0.3, 0.4) is 0 Å². The van der Waals surface area contributed by atoms with Crippen molar-refractivity contribution in [3.05, 3.63) is 114 Å². The van der Waals surface area contributed by atoms with E-state index in [1.807, 2.05) is 55.6 Å². The van der Waals surface area contributed by atoms with Crippen molar-refractivity contribution in [1.29, 1.82) is 0 Å². The second-order valence-corrected chi connectivity index (χ2v) is 12.8. The van der Waals surface area contributed by atoms with E-state index >= 15 is 0 Å². The molecule has 46 heavy (non-hydrogen) atoms. The Morgan fingerprint density at radius 1 is 0.870 bits per heavy atom. The lowest BCUT2D eigenvalue weighted by Gasteiger charge is -2.24. The molecule has 4 aromatic heterocycles. The van der Waals surface area contributed by atoms with E-state index in [4.69, 9.17) is 12.3 Å². The molecule has 6 aromatic rings. The van der Waals surface area contributed by atoms with Crippen LogP contribution in [0.5, 0.6) is 0 Å². The number of rotatable bonds is 5. The number of unbranched alkanes of at least 4 members (excludes halogenated alkanes) is 3. The van der Waals surface area contributed by atoms with Crippen LogP contribution >= 0.6 is 0 Å². The molecule has 2 aliphatic rings. The molecule has 0 N–H and O–H groups in total. The Labute approximate surface area is 275 Å². The quantitative estimate of drug-likeness (QED) is 0.111. The van der Waals surface area contributed by atoms with Gasteiger partial charge in [-0.15, -0.1) is 0 Å². The normalized spacial score (nSPS) is 15.9. The van der Waals surface area contributed by atoms with Crippen molar-refractivity contribution in [3.8, 4) is 22.5 Å². The Kier molecular flexibility index (Phi) is 9.68. The molecular formula is C41H45BN3O+. The molecule has 232 valence electrons. The largest absolute Gasteiger partial charge is 0.437 e. The van der Waals surface area contributed by atoms with E-state index in [-0.39, 0.29) is 11.4 Å². The number of benzene rings is 2. The summed E-state index contributed by atoms with van der Waals surface area (Å²) < 4.78 is 8.66. The number of pyridine rings is 3. The number of hydrogen-bond donors (Lipinski definition) is 0. The molecule has 5 heterocycles. The SMILES string of the molecule is CCCCCC.[B]C1(c2cc[n+]3c(c2)-c2c(ccc4c2oc2nc(C)ccc24)C3C)CCCC1.c1ccc(-c2ccccn2)cc1. The Balaban J connectivity index is 0.000000171. The van der Waals surface area contributed by atoms with Crippen molar-refractivity contribution in [1.82, 2.24) is 9.97 Å². The first-order valence-electron chi connectivity index (χ1n) is 17.1. The molecule has 0 saturated heterocycles. The summed E-state index contributed by atoms with van der Waals surface area (Å²) in [6.07, 6.45) is 14.1. The average Bonchev–Trinajstić information content (AvgIpc) is 3.79. The maximum absolute atomic E-state index is 6.78. The lowest BCUT2D eigenvalue weighted by molar-refractivity contribution is -0.694. The minimum Gasteiger partial charge on any atom is -0.437 e. The first-order chi connectivity index (χ1) is 22.4. The minimum absolute atomic E-state index is 0.192. The molecule has 2 aromatic carbocycles. The molecular weight excluding hydrogens is 561 g/mol. The van der Waals surface area contributed by atoms with Crippen LogP contribution in [0.15, 0.2) is 102 Å². The summed E-state index contributed by atoms with van der Waals surface area (Å²) in [4.78, 5) is 8.86. The predicted molar refractivity (Wildman–Crippen MR) is 191 cm³/mol. The lowest BCUT2D eigenvalue weighted by atomic mass is 9.63. The third kappa shape index (κ3) is 6.38. The summed E-state index contributed by atoms with van der Waals surface area (Å²) in [6, 6.07) is 29.5. The first kappa shape index (κ1) is 31.7. The predicted octanol–water partition coefficient (Wildman–Crippen LogP) is 10.4. The van der Waals surface area contributed by atoms with Gasteiger partial charge in [-0.1, -0.05) is 108 Å². The highest BCUT2D eigenvalue weighted by molar-refractivity contribution is 6.16. The summed E-state index contributed by atoms with van der Waals surface area (Å²) in [7, 11) is 6.78. The molecule has 0 amide bonds. The van der Waals surface area contributed by atoms with Crippen LogP contribution in [0.25, 0.3) is 44.6 Å². The van der Waals surface area contributed by atoms with Crippen LogP contribution in [-0.2, 0) is 5.31 Å². The Hall–Kier alpha value is -4.25. The highest BCUT2D eigenvalue weighted by Crippen LogP contribution is 2.44. The number of aryl methyl sites for hydroxylation is 1. The van der Waals surface area contributed by atoms with Crippen molar-refractivity contribution >= 4 is 29.9 Å². The van der Waals surface area contributed by atoms with E-state index in [0.717, 1.165) is 51.9 Å². The minimum atomic E-state index is -0.192. The van der Waals surface area contributed by atoms with Crippen LogP contribution in [0.2, 0.25) is 0 Å². The fourth-order valence-corrected chi connectivity index (χ4v) is 6.89. The Bertz CT molecular complexity index is 1870. The van der Waals surface area contributed by atoms with E-state index < -0.39 is 0 Å². The molecule has 1 fully saturated rings. The van der Waals surface area contributed by atoms with Gasteiger partial charge in [-0.3, -0.25) is 4.98 Å². The molecule has 8 rings (SSSR count). The first-order valence-corrected chi connectivity index (χ1v) is 17.1. The number of fused-ring (bicyclic) bond motifs is 7. The molecule has 1 saturated carbocycles. The summed E-state index contributed by atoms with van der Waals surface area (Å²) in [5.41, 5.74) is 9.78. The van der Waals surface area contributed by atoms with E-state index in [1.54, 1.807) is 0 Å². The van der Waals surface area contributed by atoms with Gasteiger partial charge >= 0.3 is 0 Å². The molecule has 2 radical (unpaired) electrons. The monoisotopic (exact) mass is 606 g/mol. The van der Waals surface area contributed by atoms with Crippen molar-refractivity contribution in [2.24, 2.45) is 0 Å². The molecule has 0 spiro atoms. The van der Waals surface area contributed by atoms with Gasteiger partial charge in [0.1, 0.15) is 0 Å². The third-order valence-corrected chi connectivity index (χ3v) is 9.55. The van der Waals surface area contributed by atoms with Gasteiger partial charge in [-0.25, -0.2) is 4.98 Å². The lowest BCUT2D eigenvalue weighted by Crippen LogP contribution is -2.37. The van der Waals surface area contributed by atoms with Gasteiger partial charge in [0.25, 0.3) is 0 Å². The van der Waals surface area contributed by atoms with Gasteiger partial charge in [0.2, 0.25) is 11.4 Å². The molecule has 4 nitrogen and oxygen atoms in total. The summed E-state index contributed by atoms with van der Waals surface area (Å²) in [5.74, 6) is 0. The van der Waals surface area contributed by atoms with Crippen molar-refractivity contribution < 1.29 is 8.98 Å². The van der Waals surface area contributed by atoms with Crippen LogP contribution in [0.4, 0.5) is 0 Å². The zero-order valence-electron chi connectivity index (χ0n) is 27.8. The maximum atomic E-state index is 6.78. The molecule has 1 unspecified atom stereocenters. The third-order valence-electron chi connectivity index (χ3n) is 9.55. The highest BCUT2D eigenvalue weighted by atomic mass is 16.3. The number of aromatic nitrogens is 3. The van der Waals surface area contributed by atoms with Crippen LogP contribution in [-0.4, -0.2) is 17.8 Å². The summed E-state index contributed by atoms with van der Waals surface area (Å²) >= 11 is 0.